The zero-order valence-corrected chi connectivity index (χ0v) is 9.10. The van der Waals surface area contributed by atoms with Crippen LogP contribution >= 0.6 is 0 Å². The van der Waals surface area contributed by atoms with Gasteiger partial charge in [0.15, 0.2) is 0 Å². The first-order valence-corrected chi connectivity index (χ1v) is 1.50. The van der Waals surface area contributed by atoms with Crippen LogP contribution in [0.3, 0.4) is 0 Å². The van der Waals surface area contributed by atoms with Crippen molar-refractivity contribution in [3.8, 4) is 0 Å². The van der Waals surface area contributed by atoms with E-state index in [9.17, 15) is 0 Å². The van der Waals surface area contributed by atoms with Crippen LogP contribution in [0.4, 0.5) is 0 Å². The third-order valence-corrected chi connectivity index (χ3v) is 0. The molecule has 0 aliphatic carbocycles. The Morgan fingerprint density at radius 2 is 1.25 bits per heavy atom. The van der Waals surface area contributed by atoms with E-state index >= 15 is 0 Å². The molecule has 0 heterocycles. The van der Waals surface area contributed by atoms with Crippen LogP contribution in [0.5, 0.6) is 0 Å². The fraction of sp³-hybridized carbons (Fsp3) is 0. The quantitative estimate of drug-likeness (QED) is 0.485. The summed E-state index contributed by atoms with van der Waals surface area (Å²) in [7, 11) is 0. The first kappa shape index (κ1) is 16.8. The molecule has 0 aromatic heterocycles. The SMILES string of the molecule is [O]=[GeH2].[Ti].[Zr]. The van der Waals surface area contributed by atoms with Crippen molar-refractivity contribution in [3.05, 3.63) is 0 Å². The second kappa shape index (κ2) is 20.4. The van der Waals surface area contributed by atoms with Gasteiger partial charge in [-0.15, -0.1) is 0 Å². The smallest absolute Gasteiger partial charge is 0 e. The van der Waals surface area contributed by atoms with E-state index in [1.807, 2.05) is 0 Å². The van der Waals surface area contributed by atoms with E-state index < -0.39 is 0 Å². The molecule has 0 bridgehead atoms. The van der Waals surface area contributed by atoms with Gasteiger partial charge in [0.1, 0.15) is 0 Å². The molecular formula is H2GeOTiZr. The molecule has 0 saturated heterocycles. The molecule has 0 aliphatic rings. The fourth-order valence-electron chi connectivity index (χ4n) is 0. The van der Waals surface area contributed by atoms with E-state index in [1.165, 1.54) is 0 Å². The predicted octanol–water partition coefficient (Wildman–Crippen LogP) is -1.04. The minimum absolute atomic E-state index is 0. The van der Waals surface area contributed by atoms with Crippen LogP contribution in [0.1, 0.15) is 0 Å². The van der Waals surface area contributed by atoms with E-state index in [0.717, 1.165) is 0 Å². The summed E-state index contributed by atoms with van der Waals surface area (Å²) in [4.78, 5) is 0. The number of rotatable bonds is 0. The second-order valence-corrected chi connectivity index (χ2v) is 0. The number of hydrogen-bond acceptors (Lipinski definition) is 1. The van der Waals surface area contributed by atoms with Crippen molar-refractivity contribution in [3.63, 3.8) is 0 Å². The van der Waals surface area contributed by atoms with Crippen molar-refractivity contribution < 1.29 is 51.7 Å². The molecule has 0 N–H and O–H groups in total. The molecule has 0 amide bonds. The van der Waals surface area contributed by atoms with Gasteiger partial charge in [-0.2, -0.15) is 0 Å². The van der Waals surface area contributed by atoms with Crippen molar-refractivity contribution in [2.45, 2.75) is 0 Å². The minimum Gasteiger partial charge on any atom is 0 e. The predicted molar refractivity (Wildman–Crippen MR) is 9.23 cm³/mol. The minimum atomic E-state index is 0. The summed E-state index contributed by atoms with van der Waals surface area (Å²) in [6.45, 7) is 0. The van der Waals surface area contributed by atoms with Gasteiger partial charge in [-0.25, -0.2) is 0 Å². The third-order valence-electron chi connectivity index (χ3n) is 0. The second-order valence-electron chi connectivity index (χ2n) is 0. The molecule has 4 heavy (non-hydrogen) atoms. The normalized spacial score (nSPS) is 1.00. The van der Waals surface area contributed by atoms with Gasteiger partial charge in [0.2, 0.25) is 0 Å². The maximum atomic E-state index is 8.38. The molecule has 20 valence electrons. The van der Waals surface area contributed by atoms with E-state index in [-0.39, 0.29) is 64.4 Å². The Kier molecular flexibility index (Phi) is 85.4. The molecule has 0 unspecified atom stereocenters. The molecule has 0 aromatic carbocycles. The van der Waals surface area contributed by atoms with Crippen LogP contribution in [0.25, 0.3) is 0 Å². The van der Waals surface area contributed by atoms with Crippen molar-refractivity contribution in [2.75, 3.05) is 0 Å². The molecule has 0 aliphatic heterocycles. The van der Waals surface area contributed by atoms with Crippen LogP contribution < -0.4 is 0 Å². The molecule has 0 saturated carbocycles. The maximum absolute atomic E-state index is 8.38. The van der Waals surface area contributed by atoms with Gasteiger partial charge in [0, 0.05) is 47.9 Å². The molecule has 1 nitrogen and oxygen atoms in total. The Hall–Kier alpha value is 1.94. The van der Waals surface area contributed by atoms with Crippen LogP contribution in [0, 0.1) is 0 Å². The maximum Gasteiger partial charge on any atom is 0 e. The number of hydrogen-bond donors (Lipinski definition) is 0. The Morgan fingerprint density at radius 3 is 1.25 bits per heavy atom. The molecular weight excluding hydrogens is 228 g/mol. The average molecular weight is 230 g/mol. The monoisotopic (exact) mass is 230 g/mol. The Morgan fingerprint density at radius 1 is 1.25 bits per heavy atom. The van der Waals surface area contributed by atoms with Gasteiger partial charge in [-0.3, -0.25) is 0 Å². The topological polar surface area (TPSA) is 17.1 Å². The largest absolute Gasteiger partial charge is 0 e. The van der Waals surface area contributed by atoms with Crippen LogP contribution in [-0.4, -0.2) is 16.5 Å². The van der Waals surface area contributed by atoms with E-state index in [0.29, 0.717) is 0 Å². The summed E-state index contributed by atoms with van der Waals surface area (Å²) in [5.74, 6) is 0. The molecule has 0 rings (SSSR count). The van der Waals surface area contributed by atoms with Crippen LogP contribution in [0.15, 0.2) is 0 Å². The first-order chi connectivity index (χ1) is 1.00. The zero-order chi connectivity index (χ0) is 2.00. The Labute approximate surface area is 67.4 Å². The van der Waals surface area contributed by atoms with Gasteiger partial charge >= 0.3 is 20.2 Å². The summed E-state index contributed by atoms with van der Waals surface area (Å²) >= 11 is 0.125. The summed E-state index contributed by atoms with van der Waals surface area (Å²) in [5, 5.41) is 0. The standard InChI is InChI=1S/GeH2O.Ti.Zr/c1-2;;/h1H2;;. The molecule has 0 spiro atoms. The molecule has 4 heteroatoms. The molecule has 0 fully saturated rings. The van der Waals surface area contributed by atoms with Crippen LogP contribution in [-0.2, 0) is 51.7 Å². The summed E-state index contributed by atoms with van der Waals surface area (Å²) < 4.78 is 8.38. The molecule has 0 atom stereocenters. The summed E-state index contributed by atoms with van der Waals surface area (Å²) in [6, 6.07) is 0. The van der Waals surface area contributed by atoms with E-state index in [1.54, 1.807) is 0 Å². The van der Waals surface area contributed by atoms with Gasteiger partial charge in [-0.05, 0) is 0 Å². The average Bonchev–Trinajstić information content (AvgIpc) is 1.00. The third kappa shape index (κ3) is 9.05. The van der Waals surface area contributed by atoms with Crippen molar-refractivity contribution in [1.29, 1.82) is 0 Å². The van der Waals surface area contributed by atoms with Gasteiger partial charge < -0.3 is 0 Å². The summed E-state index contributed by atoms with van der Waals surface area (Å²) in [5.41, 5.74) is 0. The van der Waals surface area contributed by atoms with Crippen molar-refractivity contribution in [1.82, 2.24) is 0 Å². The molecule has 0 aromatic rings. The van der Waals surface area contributed by atoms with Crippen molar-refractivity contribution in [2.24, 2.45) is 0 Å². The molecule has 0 radical (unpaired) electrons. The van der Waals surface area contributed by atoms with Crippen LogP contribution in [0.2, 0.25) is 0 Å². The first-order valence-electron chi connectivity index (χ1n) is 0.289. The van der Waals surface area contributed by atoms with E-state index in [2.05, 4.69) is 0 Å². The Bertz CT molecular complexity index is 8.00. The van der Waals surface area contributed by atoms with Gasteiger partial charge in [0.25, 0.3) is 0 Å². The summed E-state index contributed by atoms with van der Waals surface area (Å²) in [6.07, 6.45) is 0. The zero-order valence-electron chi connectivity index (χ0n) is 2.12. The van der Waals surface area contributed by atoms with E-state index in [4.69, 9.17) is 3.78 Å². The van der Waals surface area contributed by atoms with Crippen molar-refractivity contribution >= 4 is 16.5 Å². The van der Waals surface area contributed by atoms with Gasteiger partial charge in [0.05, 0.1) is 0 Å². The van der Waals surface area contributed by atoms with Gasteiger partial charge in [-0.1, -0.05) is 0 Å². The fourth-order valence-corrected chi connectivity index (χ4v) is 0. The Balaban J connectivity index is -0.00000000500.